The molecule has 0 aliphatic heterocycles. The molecular formula is C27H18BrN3O2. The van der Waals surface area contributed by atoms with Crippen molar-refractivity contribution in [1.29, 1.82) is 5.26 Å². The maximum Gasteiger partial charge on any atom is 0.336 e. The summed E-state index contributed by atoms with van der Waals surface area (Å²) in [7, 11) is 0. The van der Waals surface area contributed by atoms with Crippen LogP contribution < -0.4 is 10.5 Å². The van der Waals surface area contributed by atoms with Crippen molar-refractivity contribution < 1.29 is 9.53 Å². The van der Waals surface area contributed by atoms with Crippen molar-refractivity contribution in [3.05, 3.63) is 107 Å². The first kappa shape index (κ1) is 22.0. The van der Waals surface area contributed by atoms with Crippen LogP contribution in [0.4, 0.5) is 5.82 Å². The van der Waals surface area contributed by atoms with Crippen molar-refractivity contribution in [2.45, 2.75) is 0 Å². The first-order valence-corrected chi connectivity index (χ1v) is 10.8. The monoisotopic (exact) mass is 495 g/mol. The highest BCUT2D eigenvalue weighted by Crippen LogP contribution is 2.32. The second-order valence-corrected chi connectivity index (χ2v) is 8.04. The van der Waals surface area contributed by atoms with E-state index in [-0.39, 0.29) is 5.82 Å². The van der Waals surface area contributed by atoms with Crippen LogP contribution in [0, 0.1) is 11.3 Å². The number of nitriles is 1. The summed E-state index contributed by atoms with van der Waals surface area (Å²) in [6, 6.07) is 28.1. The van der Waals surface area contributed by atoms with E-state index in [0.717, 1.165) is 21.2 Å². The van der Waals surface area contributed by atoms with Crippen molar-refractivity contribution >= 4 is 33.8 Å². The van der Waals surface area contributed by atoms with E-state index in [1.165, 1.54) is 6.08 Å². The zero-order valence-electron chi connectivity index (χ0n) is 17.4. The molecule has 5 nitrogen and oxygen atoms in total. The lowest BCUT2D eigenvalue weighted by Gasteiger charge is -2.11. The average molecular weight is 496 g/mol. The van der Waals surface area contributed by atoms with Gasteiger partial charge in [0.2, 0.25) is 0 Å². The van der Waals surface area contributed by atoms with Crippen LogP contribution in [0.3, 0.4) is 0 Å². The first-order chi connectivity index (χ1) is 16.0. The normalized spacial score (nSPS) is 10.7. The molecule has 1 heterocycles. The number of hydrogen-bond donors (Lipinski definition) is 1. The zero-order chi connectivity index (χ0) is 23.2. The summed E-state index contributed by atoms with van der Waals surface area (Å²) < 4.78 is 6.33. The van der Waals surface area contributed by atoms with Crippen molar-refractivity contribution in [2.24, 2.45) is 0 Å². The number of anilines is 1. The maximum absolute atomic E-state index is 12.1. The van der Waals surface area contributed by atoms with E-state index >= 15 is 0 Å². The van der Waals surface area contributed by atoms with Gasteiger partial charge in [-0.05, 0) is 47.5 Å². The molecule has 0 saturated carbocycles. The molecule has 0 aliphatic rings. The molecule has 0 bridgehead atoms. The molecule has 0 unspecified atom stereocenters. The predicted molar refractivity (Wildman–Crippen MR) is 133 cm³/mol. The Hall–Kier alpha value is -4.21. The standard InChI is InChI=1S/C27H18BrN3O2/c28-21-11-7-20(8-12-21)25-16-23(24(17-29)27(30)31-25)19-9-13-22(14-10-19)33-26(32)15-6-18-4-2-1-3-5-18/h1-16H,(H2,30,31)/b15-6-. The molecule has 0 fully saturated rings. The average Bonchev–Trinajstić information content (AvgIpc) is 2.84. The molecular weight excluding hydrogens is 478 g/mol. The number of hydrogen-bond acceptors (Lipinski definition) is 5. The molecule has 1 aromatic heterocycles. The first-order valence-electron chi connectivity index (χ1n) is 10.1. The molecule has 0 atom stereocenters. The van der Waals surface area contributed by atoms with Gasteiger partial charge in [-0.15, -0.1) is 0 Å². The number of nitrogens with zero attached hydrogens (tertiary/aromatic N) is 2. The Labute approximate surface area is 199 Å². The summed E-state index contributed by atoms with van der Waals surface area (Å²) in [4.78, 5) is 16.5. The van der Waals surface area contributed by atoms with Gasteiger partial charge >= 0.3 is 5.97 Å². The van der Waals surface area contributed by atoms with Gasteiger partial charge < -0.3 is 10.5 Å². The lowest BCUT2D eigenvalue weighted by Crippen LogP contribution is -2.03. The molecule has 0 spiro atoms. The number of rotatable bonds is 5. The Bertz CT molecular complexity index is 1360. The van der Waals surface area contributed by atoms with Gasteiger partial charge in [0, 0.05) is 21.7 Å². The van der Waals surface area contributed by atoms with Crippen molar-refractivity contribution in [2.75, 3.05) is 5.73 Å². The van der Waals surface area contributed by atoms with Gasteiger partial charge in [-0.2, -0.15) is 5.26 Å². The van der Waals surface area contributed by atoms with E-state index in [1.807, 2.05) is 60.7 Å². The highest BCUT2D eigenvalue weighted by Gasteiger charge is 2.14. The molecule has 6 heteroatoms. The van der Waals surface area contributed by atoms with Crippen LogP contribution in [-0.4, -0.2) is 11.0 Å². The summed E-state index contributed by atoms with van der Waals surface area (Å²) in [6.07, 6.45) is 3.07. The topological polar surface area (TPSA) is 89.0 Å². The fraction of sp³-hybridized carbons (Fsp3) is 0. The number of ether oxygens (including phenoxy) is 1. The number of esters is 1. The van der Waals surface area contributed by atoms with E-state index in [9.17, 15) is 10.1 Å². The second kappa shape index (κ2) is 9.94. The van der Waals surface area contributed by atoms with Crippen molar-refractivity contribution in [3.63, 3.8) is 0 Å². The minimum atomic E-state index is -0.477. The van der Waals surface area contributed by atoms with Crippen molar-refractivity contribution in [3.8, 4) is 34.2 Å². The van der Waals surface area contributed by atoms with Crippen LogP contribution in [0.25, 0.3) is 28.5 Å². The molecule has 0 saturated heterocycles. The van der Waals surface area contributed by atoms with Crippen LogP contribution in [0.5, 0.6) is 5.75 Å². The fourth-order valence-electron chi connectivity index (χ4n) is 3.26. The summed E-state index contributed by atoms with van der Waals surface area (Å²) in [6.45, 7) is 0. The van der Waals surface area contributed by atoms with Crippen LogP contribution in [0.1, 0.15) is 11.1 Å². The Morgan fingerprint density at radius 2 is 1.64 bits per heavy atom. The van der Waals surface area contributed by atoms with Crippen LogP contribution in [-0.2, 0) is 4.79 Å². The largest absolute Gasteiger partial charge is 0.423 e. The summed E-state index contributed by atoms with van der Waals surface area (Å²) >= 11 is 3.42. The second-order valence-electron chi connectivity index (χ2n) is 7.12. The third-order valence-electron chi connectivity index (χ3n) is 4.89. The SMILES string of the molecule is N#Cc1c(-c2ccc(OC(=O)/C=C\c3ccccc3)cc2)cc(-c2ccc(Br)cc2)nc1N. The Morgan fingerprint density at radius 1 is 0.970 bits per heavy atom. The van der Waals surface area contributed by atoms with Gasteiger partial charge in [-0.3, -0.25) is 0 Å². The molecule has 4 aromatic rings. The van der Waals surface area contributed by atoms with Crippen molar-refractivity contribution in [1.82, 2.24) is 4.98 Å². The lowest BCUT2D eigenvalue weighted by molar-refractivity contribution is -0.128. The molecule has 33 heavy (non-hydrogen) atoms. The molecule has 0 aliphatic carbocycles. The lowest BCUT2D eigenvalue weighted by atomic mass is 9.98. The van der Waals surface area contributed by atoms with E-state index in [4.69, 9.17) is 10.5 Å². The van der Waals surface area contributed by atoms with Gasteiger partial charge in [0.15, 0.2) is 0 Å². The van der Waals surface area contributed by atoms with Gasteiger partial charge in [-0.25, -0.2) is 9.78 Å². The van der Waals surface area contributed by atoms with Gasteiger partial charge in [0.05, 0.1) is 5.69 Å². The Kier molecular flexibility index (Phi) is 6.63. The number of pyridine rings is 1. The summed E-state index contributed by atoms with van der Waals surface area (Å²) in [5.74, 6) is 0.0830. The van der Waals surface area contributed by atoms with Crippen LogP contribution in [0.2, 0.25) is 0 Å². The summed E-state index contributed by atoms with van der Waals surface area (Å²) in [5.41, 5.74) is 10.3. The van der Waals surface area contributed by atoms with E-state index in [0.29, 0.717) is 22.6 Å². The van der Waals surface area contributed by atoms with Gasteiger partial charge in [-0.1, -0.05) is 70.5 Å². The van der Waals surface area contributed by atoms with Crippen LogP contribution >= 0.6 is 15.9 Å². The number of carbonyl (C=O) groups is 1. The number of carbonyl (C=O) groups excluding carboxylic acids is 1. The van der Waals surface area contributed by atoms with Gasteiger partial charge in [0.1, 0.15) is 23.2 Å². The third-order valence-corrected chi connectivity index (χ3v) is 5.42. The number of halogens is 1. The number of benzene rings is 3. The van der Waals surface area contributed by atoms with E-state index < -0.39 is 5.97 Å². The number of nitrogen functional groups attached to an aromatic ring is 1. The number of nitrogens with two attached hydrogens (primary N) is 1. The minimum Gasteiger partial charge on any atom is -0.423 e. The fourth-order valence-corrected chi connectivity index (χ4v) is 3.52. The van der Waals surface area contributed by atoms with E-state index in [2.05, 4.69) is 27.0 Å². The highest BCUT2D eigenvalue weighted by molar-refractivity contribution is 9.10. The summed E-state index contributed by atoms with van der Waals surface area (Å²) in [5, 5.41) is 9.63. The smallest absolute Gasteiger partial charge is 0.336 e. The van der Waals surface area contributed by atoms with Crippen LogP contribution in [0.15, 0.2) is 95.5 Å². The molecule has 0 radical (unpaired) electrons. The quantitative estimate of drug-likeness (QED) is 0.200. The molecule has 160 valence electrons. The highest BCUT2D eigenvalue weighted by atomic mass is 79.9. The number of aromatic nitrogens is 1. The van der Waals surface area contributed by atoms with E-state index in [1.54, 1.807) is 30.3 Å². The zero-order valence-corrected chi connectivity index (χ0v) is 19.0. The van der Waals surface area contributed by atoms with Gasteiger partial charge in [0.25, 0.3) is 0 Å². The Morgan fingerprint density at radius 3 is 2.30 bits per heavy atom. The molecule has 4 rings (SSSR count). The molecule has 2 N–H and O–H groups in total. The Balaban J connectivity index is 1.58. The molecule has 0 amide bonds. The predicted octanol–water partition coefficient (Wildman–Crippen LogP) is 6.25. The maximum atomic E-state index is 12.1. The molecule has 3 aromatic carbocycles. The minimum absolute atomic E-state index is 0.162. The third kappa shape index (κ3) is 5.35.